The number of piperidine rings is 1. The lowest BCUT2D eigenvalue weighted by Gasteiger charge is -2.32. The zero-order chi connectivity index (χ0) is 20.5. The monoisotopic (exact) mass is 411 g/mol. The minimum atomic E-state index is 0.0127. The Bertz CT molecular complexity index is 1040. The average molecular weight is 412 g/mol. The van der Waals surface area contributed by atoms with Crippen LogP contribution < -0.4 is 4.74 Å². The van der Waals surface area contributed by atoms with Crippen molar-refractivity contribution in [1.82, 2.24) is 14.5 Å². The summed E-state index contributed by atoms with van der Waals surface area (Å²) in [5.74, 6) is 1.99. The first-order chi connectivity index (χ1) is 13.9. The van der Waals surface area contributed by atoms with Crippen molar-refractivity contribution >= 4 is 28.5 Å². The van der Waals surface area contributed by atoms with E-state index in [0.29, 0.717) is 12.3 Å². The molecule has 3 aromatic rings. The lowest BCUT2D eigenvalue weighted by atomic mass is 9.97. The Morgan fingerprint density at radius 1 is 1.24 bits per heavy atom. The molecule has 0 radical (unpaired) electrons. The Morgan fingerprint density at radius 2 is 1.97 bits per heavy atom. The number of aryl methyl sites for hydroxylation is 3. The van der Waals surface area contributed by atoms with Crippen LogP contribution in [0.15, 0.2) is 36.4 Å². The van der Waals surface area contributed by atoms with Gasteiger partial charge >= 0.3 is 0 Å². The normalized spacial score (nSPS) is 17.0. The van der Waals surface area contributed by atoms with Crippen LogP contribution in [0.1, 0.15) is 35.7 Å². The molecule has 1 saturated heterocycles. The number of ether oxygens (including phenoxy) is 1. The Morgan fingerprint density at radius 3 is 2.69 bits per heavy atom. The molecule has 1 aromatic heterocycles. The summed E-state index contributed by atoms with van der Waals surface area (Å²) in [7, 11) is 2.06. The number of aromatic nitrogens is 2. The van der Waals surface area contributed by atoms with E-state index in [0.717, 1.165) is 52.4 Å². The van der Waals surface area contributed by atoms with Crippen molar-refractivity contribution in [1.29, 1.82) is 0 Å². The standard InChI is InChI=1S/C23H26ClN3O2/c1-15-11-18(12-16(2)22(15)24)29-14-21(28)27-10-6-7-17(13-27)23-25-19-8-4-5-9-20(19)26(23)3/h4-5,8-9,11-12,17H,6-7,10,13-14H2,1-3H3. The highest BCUT2D eigenvalue weighted by atomic mass is 35.5. The Balaban J connectivity index is 1.44. The van der Waals surface area contributed by atoms with Gasteiger partial charge in [-0.05, 0) is 62.1 Å². The minimum Gasteiger partial charge on any atom is -0.484 e. The largest absolute Gasteiger partial charge is 0.484 e. The van der Waals surface area contributed by atoms with Gasteiger partial charge in [0, 0.05) is 31.1 Å². The molecule has 2 heterocycles. The number of imidazole rings is 1. The van der Waals surface area contributed by atoms with Crippen LogP contribution in [0.25, 0.3) is 11.0 Å². The minimum absolute atomic E-state index is 0.0127. The predicted molar refractivity (Wildman–Crippen MR) is 116 cm³/mol. The van der Waals surface area contributed by atoms with Crippen molar-refractivity contribution in [3.05, 3.63) is 58.4 Å². The molecule has 1 aliphatic heterocycles. The smallest absolute Gasteiger partial charge is 0.260 e. The molecule has 1 amide bonds. The number of amides is 1. The van der Waals surface area contributed by atoms with Gasteiger partial charge in [-0.15, -0.1) is 0 Å². The maximum absolute atomic E-state index is 12.8. The van der Waals surface area contributed by atoms with Crippen LogP contribution in [0.3, 0.4) is 0 Å². The number of fused-ring (bicyclic) bond motifs is 1. The number of carbonyl (C=O) groups excluding carboxylic acids is 1. The first kappa shape index (κ1) is 19.8. The van der Waals surface area contributed by atoms with Gasteiger partial charge in [-0.1, -0.05) is 23.7 Å². The third-order valence-corrected chi connectivity index (χ3v) is 6.33. The molecule has 0 saturated carbocycles. The number of hydrogen-bond acceptors (Lipinski definition) is 3. The molecule has 1 fully saturated rings. The molecule has 1 unspecified atom stereocenters. The van der Waals surface area contributed by atoms with Crippen LogP contribution in [0, 0.1) is 13.8 Å². The van der Waals surface area contributed by atoms with Gasteiger partial charge < -0.3 is 14.2 Å². The lowest BCUT2D eigenvalue weighted by molar-refractivity contribution is -0.134. The molecule has 0 N–H and O–H groups in total. The van der Waals surface area contributed by atoms with Gasteiger partial charge in [-0.3, -0.25) is 4.79 Å². The average Bonchev–Trinajstić information content (AvgIpc) is 3.07. The van der Waals surface area contributed by atoms with Gasteiger partial charge in [0.25, 0.3) is 5.91 Å². The van der Waals surface area contributed by atoms with E-state index in [-0.39, 0.29) is 18.4 Å². The van der Waals surface area contributed by atoms with Crippen LogP contribution in [0.4, 0.5) is 0 Å². The van der Waals surface area contributed by atoms with Gasteiger partial charge in [0.1, 0.15) is 11.6 Å². The molecule has 4 rings (SSSR count). The molecule has 1 aliphatic rings. The molecule has 0 spiro atoms. The van der Waals surface area contributed by atoms with Crippen molar-refractivity contribution in [2.24, 2.45) is 7.05 Å². The fraction of sp³-hybridized carbons (Fsp3) is 0.391. The van der Waals surface area contributed by atoms with Crippen LogP contribution in [-0.4, -0.2) is 40.1 Å². The summed E-state index contributed by atoms with van der Waals surface area (Å²) >= 11 is 6.21. The third kappa shape index (κ3) is 3.97. The maximum atomic E-state index is 12.8. The summed E-state index contributed by atoms with van der Waals surface area (Å²) in [6, 6.07) is 11.9. The van der Waals surface area contributed by atoms with Crippen LogP contribution in [0.5, 0.6) is 5.75 Å². The van der Waals surface area contributed by atoms with E-state index in [1.807, 2.05) is 49.1 Å². The number of hydrogen-bond donors (Lipinski definition) is 0. The number of halogens is 1. The van der Waals surface area contributed by atoms with E-state index in [1.54, 1.807) is 0 Å². The molecule has 1 atom stereocenters. The highest BCUT2D eigenvalue weighted by Crippen LogP contribution is 2.29. The Kier molecular flexibility index (Phi) is 5.50. The summed E-state index contributed by atoms with van der Waals surface area (Å²) in [5.41, 5.74) is 4.04. The van der Waals surface area contributed by atoms with E-state index < -0.39 is 0 Å². The summed E-state index contributed by atoms with van der Waals surface area (Å²) in [5, 5.41) is 0.741. The summed E-state index contributed by atoms with van der Waals surface area (Å²) in [6.45, 7) is 5.36. The molecule has 152 valence electrons. The van der Waals surface area contributed by atoms with E-state index in [4.69, 9.17) is 21.3 Å². The first-order valence-electron chi connectivity index (χ1n) is 10.0. The van der Waals surface area contributed by atoms with Gasteiger partial charge in [-0.2, -0.15) is 0 Å². The predicted octanol–water partition coefficient (Wildman–Crippen LogP) is 4.63. The number of para-hydroxylation sites is 2. The van der Waals surface area contributed by atoms with E-state index in [2.05, 4.69) is 17.7 Å². The molecule has 5 nitrogen and oxygen atoms in total. The van der Waals surface area contributed by atoms with Gasteiger partial charge in [-0.25, -0.2) is 4.98 Å². The number of rotatable bonds is 4. The van der Waals surface area contributed by atoms with E-state index in [1.165, 1.54) is 0 Å². The molecule has 0 bridgehead atoms. The lowest BCUT2D eigenvalue weighted by Crippen LogP contribution is -2.42. The molecule has 2 aromatic carbocycles. The molecule has 0 aliphatic carbocycles. The fourth-order valence-corrected chi connectivity index (χ4v) is 4.28. The molecular formula is C23H26ClN3O2. The number of nitrogens with zero attached hydrogens (tertiary/aromatic N) is 3. The summed E-state index contributed by atoms with van der Waals surface area (Å²) < 4.78 is 7.94. The third-order valence-electron chi connectivity index (χ3n) is 5.73. The van der Waals surface area contributed by atoms with Crippen molar-refractivity contribution in [3.63, 3.8) is 0 Å². The Labute approximate surface area is 176 Å². The SMILES string of the molecule is Cc1cc(OCC(=O)N2CCCC(c3nc4ccccc4n3C)C2)cc(C)c1Cl. The second-order valence-corrected chi connectivity index (χ2v) is 8.23. The molecule has 29 heavy (non-hydrogen) atoms. The van der Waals surface area contributed by atoms with Crippen LogP contribution >= 0.6 is 11.6 Å². The highest BCUT2D eigenvalue weighted by Gasteiger charge is 2.28. The second kappa shape index (κ2) is 8.07. The molecule has 6 heteroatoms. The highest BCUT2D eigenvalue weighted by molar-refractivity contribution is 6.32. The number of carbonyl (C=O) groups is 1. The quantitative estimate of drug-likeness (QED) is 0.628. The second-order valence-electron chi connectivity index (χ2n) is 7.86. The van der Waals surface area contributed by atoms with Crippen molar-refractivity contribution in [3.8, 4) is 5.75 Å². The van der Waals surface area contributed by atoms with Crippen LogP contribution in [-0.2, 0) is 11.8 Å². The number of likely N-dealkylation sites (tertiary alicyclic amines) is 1. The van der Waals surface area contributed by atoms with Crippen molar-refractivity contribution in [2.45, 2.75) is 32.6 Å². The van der Waals surface area contributed by atoms with Crippen molar-refractivity contribution in [2.75, 3.05) is 19.7 Å². The maximum Gasteiger partial charge on any atom is 0.260 e. The zero-order valence-corrected chi connectivity index (χ0v) is 17.9. The summed E-state index contributed by atoms with van der Waals surface area (Å²) in [4.78, 5) is 19.5. The van der Waals surface area contributed by atoms with E-state index >= 15 is 0 Å². The first-order valence-corrected chi connectivity index (χ1v) is 10.4. The van der Waals surface area contributed by atoms with Gasteiger partial charge in [0.2, 0.25) is 0 Å². The van der Waals surface area contributed by atoms with E-state index in [9.17, 15) is 4.79 Å². The fourth-order valence-electron chi connectivity index (χ4n) is 4.17. The van der Waals surface area contributed by atoms with Gasteiger partial charge in [0.15, 0.2) is 6.61 Å². The van der Waals surface area contributed by atoms with Crippen LogP contribution in [0.2, 0.25) is 5.02 Å². The number of benzene rings is 2. The molecular weight excluding hydrogens is 386 g/mol. The van der Waals surface area contributed by atoms with Gasteiger partial charge in [0.05, 0.1) is 11.0 Å². The van der Waals surface area contributed by atoms with Crippen molar-refractivity contribution < 1.29 is 9.53 Å². The summed E-state index contributed by atoms with van der Waals surface area (Å²) in [6.07, 6.45) is 2.01. The topological polar surface area (TPSA) is 47.4 Å². The Hall–Kier alpha value is -2.53. The zero-order valence-electron chi connectivity index (χ0n) is 17.1.